The first-order valence-electron chi connectivity index (χ1n) is 8.64. The standard InChI is InChI=1S/C22H17FN2O2/c23-18-12-16(13-21(26)24-14-15-6-2-1-3-7-15)10-11-17(18)22-25-19-8-4-5-9-20(19)27-22/h1-12H,13-14H2,(H,24,26). The Hall–Kier alpha value is -3.47. The lowest BCUT2D eigenvalue weighted by Gasteiger charge is -2.06. The van der Waals surface area contributed by atoms with Gasteiger partial charge < -0.3 is 9.73 Å². The van der Waals surface area contributed by atoms with E-state index in [9.17, 15) is 9.18 Å². The number of hydrogen-bond acceptors (Lipinski definition) is 3. The van der Waals surface area contributed by atoms with Gasteiger partial charge in [0.2, 0.25) is 11.8 Å². The molecular formula is C22H17FN2O2. The fourth-order valence-electron chi connectivity index (χ4n) is 2.87. The molecule has 1 N–H and O–H groups in total. The van der Waals surface area contributed by atoms with Gasteiger partial charge in [0.05, 0.1) is 12.0 Å². The van der Waals surface area contributed by atoms with Crippen LogP contribution in [0.1, 0.15) is 11.1 Å². The monoisotopic (exact) mass is 360 g/mol. The van der Waals surface area contributed by atoms with Gasteiger partial charge in [-0.3, -0.25) is 4.79 Å². The van der Waals surface area contributed by atoms with E-state index in [-0.39, 0.29) is 23.8 Å². The van der Waals surface area contributed by atoms with Crippen molar-refractivity contribution in [2.75, 3.05) is 0 Å². The van der Waals surface area contributed by atoms with Crippen LogP contribution < -0.4 is 5.32 Å². The molecule has 27 heavy (non-hydrogen) atoms. The summed E-state index contributed by atoms with van der Waals surface area (Å²) in [5.74, 6) is -0.392. The average molecular weight is 360 g/mol. The second-order valence-electron chi connectivity index (χ2n) is 6.24. The molecule has 0 bridgehead atoms. The van der Waals surface area contributed by atoms with Crippen LogP contribution in [0.4, 0.5) is 4.39 Å². The van der Waals surface area contributed by atoms with E-state index in [1.54, 1.807) is 18.2 Å². The van der Waals surface area contributed by atoms with Crippen LogP contribution >= 0.6 is 0 Å². The Bertz CT molecular complexity index is 1060. The van der Waals surface area contributed by atoms with Gasteiger partial charge in [0.1, 0.15) is 11.3 Å². The number of hydrogen-bond donors (Lipinski definition) is 1. The van der Waals surface area contributed by atoms with Crippen molar-refractivity contribution in [2.45, 2.75) is 13.0 Å². The summed E-state index contributed by atoms with van der Waals surface area (Å²) in [7, 11) is 0. The van der Waals surface area contributed by atoms with Gasteiger partial charge in [0, 0.05) is 6.54 Å². The number of amides is 1. The van der Waals surface area contributed by atoms with Crippen molar-refractivity contribution >= 4 is 17.0 Å². The first-order chi connectivity index (χ1) is 13.2. The number of aromatic nitrogens is 1. The number of para-hydroxylation sites is 2. The summed E-state index contributed by atoms with van der Waals surface area (Å²) in [5, 5.41) is 2.84. The molecule has 0 aliphatic heterocycles. The fourth-order valence-corrected chi connectivity index (χ4v) is 2.87. The van der Waals surface area contributed by atoms with Gasteiger partial charge in [0.25, 0.3) is 0 Å². The minimum Gasteiger partial charge on any atom is -0.436 e. The summed E-state index contributed by atoms with van der Waals surface area (Å²) in [6.07, 6.45) is 0.109. The molecule has 0 aliphatic rings. The first kappa shape index (κ1) is 17.0. The molecule has 3 aromatic carbocycles. The summed E-state index contributed by atoms with van der Waals surface area (Å²) >= 11 is 0. The molecule has 0 fully saturated rings. The zero-order valence-electron chi connectivity index (χ0n) is 14.5. The lowest BCUT2D eigenvalue weighted by molar-refractivity contribution is -0.120. The van der Waals surface area contributed by atoms with E-state index in [0.717, 1.165) is 5.56 Å². The summed E-state index contributed by atoms with van der Waals surface area (Å²) < 4.78 is 20.1. The second kappa shape index (κ2) is 7.41. The largest absolute Gasteiger partial charge is 0.436 e. The van der Waals surface area contributed by atoms with Gasteiger partial charge in [-0.15, -0.1) is 0 Å². The maximum Gasteiger partial charge on any atom is 0.230 e. The van der Waals surface area contributed by atoms with Gasteiger partial charge in [-0.05, 0) is 35.4 Å². The zero-order chi connectivity index (χ0) is 18.6. The number of oxazole rings is 1. The summed E-state index contributed by atoms with van der Waals surface area (Å²) in [4.78, 5) is 16.4. The molecule has 0 unspecified atom stereocenters. The third-order valence-corrected chi connectivity index (χ3v) is 4.25. The molecule has 134 valence electrons. The molecule has 4 rings (SSSR count). The van der Waals surface area contributed by atoms with Crippen molar-refractivity contribution in [2.24, 2.45) is 0 Å². The summed E-state index contributed by atoms with van der Waals surface area (Å²) in [6.45, 7) is 0.448. The Labute approximate surface area is 155 Å². The molecule has 1 amide bonds. The lowest BCUT2D eigenvalue weighted by Crippen LogP contribution is -2.24. The Morgan fingerprint density at radius 3 is 2.52 bits per heavy atom. The molecule has 1 aromatic heterocycles. The molecule has 5 heteroatoms. The lowest BCUT2D eigenvalue weighted by atomic mass is 10.1. The van der Waals surface area contributed by atoms with E-state index in [4.69, 9.17) is 4.42 Å². The molecule has 0 saturated heterocycles. The third-order valence-electron chi connectivity index (χ3n) is 4.25. The van der Waals surface area contributed by atoms with Crippen LogP contribution in [0.25, 0.3) is 22.6 Å². The van der Waals surface area contributed by atoms with Crippen LogP contribution in [0.3, 0.4) is 0 Å². The normalized spacial score (nSPS) is 10.9. The predicted octanol–water partition coefficient (Wildman–Crippen LogP) is 4.49. The van der Waals surface area contributed by atoms with Crippen molar-refractivity contribution < 1.29 is 13.6 Å². The molecule has 0 atom stereocenters. The first-order valence-corrected chi connectivity index (χ1v) is 8.64. The van der Waals surface area contributed by atoms with Gasteiger partial charge >= 0.3 is 0 Å². The number of halogens is 1. The van der Waals surface area contributed by atoms with E-state index < -0.39 is 5.82 Å². The quantitative estimate of drug-likeness (QED) is 0.570. The second-order valence-corrected chi connectivity index (χ2v) is 6.24. The molecule has 0 saturated carbocycles. The smallest absolute Gasteiger partial charge is 0.230 e. The Kier molecular flexibility index (Phi) is 4.66. The Balaban J connectivity index is 1.45. The number of rotatable bonds is 5. The van der Waals surface area contributed by atoms with Gasteiger partial charge in [-0.2, -0.15) is 0 Å². The highest BCUT2D eigenvalue weighted by Gasteiger charge is 2.14. The molecule has 0 radical (unpaired) electrons. The summed E-state index contributed by atoms with van der Waals surface area (Å²) in [6, 6.07) is 21.6. The summed E-state index contributed by atoms with van der Waals surface area (Å²) in [5.41, 5.74) is 3.17. The Morgan fingerprint density at radius 1 is 0.963 bits per heavy atom. The minimum atomic E-state index is -0.463. The molecule has 1 heterocycles. The van der Waals surface area contributed by atoms with Crippen LogP contribution in [0.15, 0.2) is 77.2 Å². The molecule has 4 nitrogen and oxygen atoms in total. The van der Waals surface area contributed by atoms with E-state index in [2.05, 4.69) is 10.3 Å². The number of benzene rings is 3. The Morgan fingerprint density at radius 2 is 1.74 bits per heavy atom. The van der Waals surface area contributed by atoms with Crippen LogP contribution in [0.5, 0.6) is 0 Å². The van der Waals surface area contributed by atoms with Crippen LogP contribution in [-0.4, -0.2) is 10.9 Å². The molecular weight excluding hydrogens is 343 g/mol. The highest BCUT2D eigenvalue weighted by Crippen LogP contribution is 2.27. The molecule has 0 aliphatic carbocycles. The maximum atomic E-state index is 14.5. The number of nitrogens with zero attached hydrogens (tertiary/aromatic N) is 1. The van der Waals surface area contributed by atoms with Gasteiger partial charge in [-0.1, -0.05) is 48.5 Å². The van der Waals surface area contributed by atoms with E-state index >= 15 is 0 Å². The van der Waals surface area contributed by atoms with Crippen LogP contribution in [0.2, 0.25) is 0 Å². The minimum absolute atomic E-state index is 0.109. The van der Waals surface area contributed by atoms with E-state index in [1.165, 1.54) is 6.07 Å². The highest BCUT2D eigenvalue weighted by molar-refractivity contribution is 5.79. The number of nitrogens with one attached hydrogen (secondary N) is 1. The third kappa shape index (κ3) is 3.87. The SMILES string of the molecule is O=C(Cc1ccc(-c2nc3ccccc3o2)c(F)c1)NCc1ccccc1. The predicted molar refractivity (Wildman–Crippen MR) is 101 cm³/mol. The van der Waals surface area contributed by atoms with Crippen molar-refractivity contribution in [1.29, 1.82) is 0 Å². The number of carbonyl (C=O) groups excluding carboxylic acids is 1. The van der Waals surface area contributed by atoms with Gasteiger partial charge in [0.15, 0.2) is 5.58 Å². The molecule has 0 spiro atoms. The highest BCUT2D eigenvalue weighted by atomic mass is 19.1. The zero-order valence-corrected chi connectivity index (χ0v) is 14.5. The maximum absolute atomic E-state index is 14.5. The topological polar surface area (TPSA) is 55.1 Å². The van der Waals surface area contributed by atoms with Crippen LogP contribution in [-0.2, 0) is 17.8 Å². The number of fused-ring (bicyclic) bond motifs is 1. The van der Waals surface area contributed by atoms with E-state index in [0.29, 0.717) is 23.2 Å². The number of carbonyl (C=O) groups is 1. The fraction of sp³-hybridized carbons (Fsp3) is 0.0909. The van der Waals surface area contributed by atoms with Crippen molar-refractivity contribution in [1.82, 2.24) is 10.3 Å². The van der Waals surface area contributed by atoms with Crippen molar-refractivity contribution in [3.8, 4) is 11.5 Å². The van der Waals surface area contributed by atoms with Crippen LogP contribution in [0, 0.1) is 5.82 Å². The average Bonchev–Trinajstić information content (AvgIpc) is 3.11. The van der Waals surface area contributed by atoms with E-state index in [1.807, 2.05) is 48.5 Å². The van der Waals surface area contributed by atoms with Crippen molar-refractivity contribution in [3.63, 3.8) is 0 Å². The van der Waals surface area contributed by atoms with Gasteiger partial charge in [-0.25, -0.2) is 9.37 Å². The molecule has 4 aromatic rings. The van der Waals surface area contributed by atoms with Crippen molar-refractivity contribution in [3.05, 3.63) is 89.7 Å².